The molecule has 0 radical (unpaired) electrons. The third-order valence-corrected chi connectivity index (χ3v) is 3.20. The Morgan fingerprint density at radius 2 is 2.15 bits per heavy atom. The zero-order valence-corrected chi connectivity index (χ0v) is 11.1. The summed E-state index contributed by atoms with van der Waals surface area (Å²) in [6, 6.07) is 6.41. The first-order chi connectivity index (χ1) is 9.58. The maximum Gasteiger partial charge on any atom is 0.254 e. The van der Waals surface area contributed by atoms with E-state index in [1.54, 1.807) is 18.2 Å². The van der Waals surface area contributed by atoms with Gasteiger partial charge in [-0.05, 0) is 18.1 Å². The first-order valence-corrected chi connectivity index (χ1v) is 6.34. The van der Waals surface area contributed by atoms with Crippen molar-refractivity contribution in [2.45, 2.75) is 19.8 Å². The number of nitrogens with one attached hydrogen (secondary N) is 1. The number of halogens is 1. The summed E-state index contributed by atoms with van der Waals surface area (Å²) >= 11 is 0. The van der Waals surface area contributed by atoms with Crippen molar-refractivity contribution in [3.63, 3.8) is 0 Å². The number of H-pyrrole nitrogens is 1. The van der Waals surface area contributed by atoms with Crippen molar-refractivity contribution in [2.24, 2.45) is 0 Å². The van der Waals surface area contributed by atoms with E-state index < -0.39 is 5.82 Å². The topological polar surface area (TPSA) is 58.9 Å². The molecule has 0 aliphatic rings. The van der Waals surface area contributed by atoms with Crippen LogP contribution in [0.5, 0.6) is 0 Å². The fourth-order valence-electron chi connectivity index (χ4n) is 2.29. The quantitative estimate of drug-likeness (QED) is 0.777. The van der Waals surface area contributed by atoms with E-state index in [4.69, 9.17) is 4.42 Å². The van der Waals surface area contributed by atoms with Crippen LogP contribution in [-0.2, 0) is 0 Å². The molecule has 2 heterocycles. The molecule has 0 aliphatic carbocycles. The number of furan rings is 1. The molecule has 5 heteroatoms. The molecule has 3 aromatic rings. The van der Waals surface area contributed by atoms with Crippen LogP contribution in [0.4, 0.5) is 4.39 Å². The van der Waals surface area contributed by atoms with Crippen molar-refractivity contribution in [2.75, 3.05) is 0 Å². The Labute approximate surface area is 114 Å². The fourth-order valence-corrected chi connectivity index (χ4v) is 2.29. The minimum absolute atomic E-state index is 0.0134. The van der Waals surface area contributed by atoms with Crippen LogP contribution in [-0.4, -0.2) is 9.97 Å². The summed E-state index contributed by atoms with van der Waals surface area (Å²) in [7, 11) is 0. The van der Waals surface area contributed by atoms with Crippen molar-refractivity contribution >= 4 is 11.0 Å². The van der Waals surface area contributed by atoms with Crippen molar-refractivity contribution in [1.82, 2.24) is 9.97 Å². The highest BCUT2D eigenvalue weighted by Crippen LogP contribution is 2.30. The molecule has 0 amide bonds. The van der Waals surface area contributed by atoms with Crippen LogP contribution in [0, 0.1) is 5.82 Å². The van der Waals surface area contributed by atoms with Gasteiger partial charge in [-0.3, -0.25) is 4.79 Å². The van der Waals surface area contributed by atoms with Gasteiger partial charge in [-0.25, -0.2) is 9.37 Å². The smallest absolute Gasteiger partial charge is 0.254 e. The van der Waals surface area contributed by atoms with E-state index in [0.717, 1.165) is 0 Å². The van der Waals surface area contributed by atoms with E-state index in [9.17, 15) is 9.18 Å². The number of nitrogens with zero attached hydrogens (tertiary/aromatic N) is 1. The average Bonchev–Trinajstić information content (AvgIpc) is 2.83. The van der Waals surface area contributed by atoms with Crippen molar-refractivity contribution in [3.8, 4) is 11.5 Å². The van der Waals surface area contributed by atoms with Gasteiger partial charge >= 0.3 is 0 Å². The summed E-state index contributed by atoms with van der Waals surface area (Å²) in [5.74, 6) is -0.0369. The van der Waals surface area contributed by atoms with Crippen LogP contribution in [0.1, 0.15) is 25.3 Å². The van der Waals surface area contributed by atoms with E-state index in [0.29, 0.717) is 22.4 Å². The Hall–Kier alpha value is -2.43. The largest absolute Gasteiger partial charge is 0.451 e. The first-order valence-electron chi connectivity index (χ1n) is 6.34. The second-order valence-corrected chi connectivity index (χ2v) is 4.92. The number of para-hydroxylation sites is 1. The highest BCUT2D eigenvalue weighted by molar-refractivity contribution is 5.83. The molecular formula is C15H13FN2O2. The summed E-state index contributed by atoms with van der Waals surface area (Å²) in [6.45, 7) is 3.80. The molecule has 0 saturated heterocycles. The molecular weight excluding hydrogens is 259 g/mol. The molecule has 4 nitrogen and oxygen atoms in total. The van der Waals surface area contributed by atoms with Gasteiger partial charge in [0.2, 0.25) is 0 Å². The summed E-state index contributed by atoms with van der Waals surface area (Å²) < 4.78 is 19.2. The van der Waals surface area contributed by atoms with Crippen LogP contribution in [0.2, 0.25) is 0 Å². The molecule has 0 fully saturated rings. The van der Waals surface area contributed by atoms with Gasteiger partial charge in [0, 0.05) is 10.9 Å². The van der Waals surface area contributed by atoms with Gasteiger partial charge in [0.05, 0.1) is 6.33 Å². The molecule has 1 N–H and O–H groups in total. The van der Waals surface area contributed by atoms with Gasteiger partial charge < -0.3 is 9.40 Å². The molecule has 2 aromatic heterocycles. The molecule has 1 aromatic carbocycles. The number of aromatic nitrogens is 2. The maximum absolute atomic E-state index is 13.7. The summed E-state index contributed by atoms with van der Waals surface area (Å²) in [5.41, 5.74) is 0.969. The van der Waals surface area contributed by atoms with Crippen molar-refractivity contribution < 1.29 is 8.81 Å². The van der Waals surface area contributed by atoms with Gasteiger partial charge in [0.25, 0.3) is 5.56 Å². The van der Waals surface area contributed by atoms with E-state index in [1.807, 2.05) is 13.8 Å². The first kappa shape index (κ1) is 12.6. The van der Waals surface area contributed by atoms with E-state index in [1.165, 1.54) is 12.4 Å². The minimum atomic E-state index is -0.426. The fraction of sp³-hybridized carbons (Fsp3) is 0.200. The van der Waals surface area contributed by atoms with Gasteiger partial charge in [-0.2, -0.15) is 0 Å². The van der Waals surface area contributed by atoms with Gasteiger partial charge in [-0.15, -0.1) is 0 Å². The van der Waals surface area contributed by atoms with E-state index >= 15 is 0 Å². The predicted molar refractivity (Wildman–Crippen MR) is 74.1 cm³/mol. The SMILES string of the molecule is CC(C)c1c(-c2cc3cccc(F)c3o2)nc[nH]c1=O. The summed E-state index contributed by atoms with van der Waals surface area (Å²) in [5, 5.41) is 0.650. The molecule has 0 aliphatic heterocycles. The highest BCUT2D eigenvalue weighted by atomic mass is 19.1. The monoisotopic (exact) mass is 272 g/mol. The minimum Gasteiger partial charge on any atom is -0.451 e. The normalized spacial score (nSPS) is 11.4. The van der Waals surface area contributed by atoms with Crippen molar-refractivity contribution in [3.05, 3.63) is 52.3 Å². The lowest BCUT2D eigenvalue weighted by molar-refractivity contribution is 0.566. The van der Waals surface area contributed by atoms with Crippen LogP contribution in [0.25, 0.3) is 22.4 Å². The Kier molecular flexibility index (Phi) is 2.89. The molecule has 102 valence electrons. The number of fused-ring (bicyclic) bond motifs is 1. The third-order valence-electron chi connectivity index (χ3n) is 3.20. The Morgan fingerprint density at radius 1 is 1.35 bits per heavy atom. The predicted octanol–water partition coefficient (Wildman–Crippen LogP) is 3.45. The molecule has 0 unspecified atom stereocenters. The Balaban J connectivity index is 2.29. The number of rotatable bonds is 2. The number of hydrogen-bond acceptors (Lipinski definition) is 3. The lowest BCUT2D eigenvalue weighted by Gasteiger charge is -2.07. The summed E-state index contributed by atoms with van der Waals surface area (Å²) in [6.07, 6.45) is 1.33. The summed E-state index contributed by atoms with van der Waals surface area (Å²) in [4.78, 5) is 18.7. The average molecular weight is 272 g/mol. The van der Waals surface area contributed by atoms with Gasteiger partial charge in [-0.1, -0.05) is 26.0 Å². The van der Waals surface area contributed by atoms with E-state index in [-0.39, 0.29) is 17.1 Å². The van der Waals surface area contributed by atoms with Crippen LogP contribution < -0.4 is 5.56 Å². The van der Waals surface area contributed by atoms with Crippen LogP contribution >= 0.6 is 0 Å². The molecule has 0 spiro atoms. The van der Waals surface area contributed by atoms with Crippen LogP contribution in [0.15, 0.2) is 39.8 Å². The lowest BCUT2D eigenvalue weighted by Crippen LogP contribution is -2.16. The Morgan fingerprint density at radius 3 is 2.85 bits per heavy atom. The van der Waals surface area contributed by atoms with Gasteiger partial charge in [0.15, 0.2) is 17.2 Å². The van der Waals surface area contributed by atoms with Crippen molar-refractivity contribution in [1.29, 1.82) is 0 Å². The molecule has 0 bridgehead atoms. The molecule has 0 saturated carbocycles. The maximum atomic E-state index is 13.7. The lowest BCUT2D eigenvalue weighted by atomic mass is 10.0. The second kappa shape index (κ2) is 4.59. The highest BCUT2D eigenvalue weighted by Gasteiger charge is 2.18. The number of aromatic amines is 1. The Bertz CT molecular complexity index is 833. The zero-order valence-electron chi connectivity index (χ0n) is 11.1. The number of hydrogen-bond donors (Lipinski definition) is 1. The zero-order chi connectivity index (χ0) is 14.3. The molecule has 20 heavy (non-hydrogen) atoms. The standard InChI is InChI=1S/C15H13FN2O2/c1-8(2)12-13(17-7-18-15(12)19)11-6-9-4-3-5-10(16)14(9)20-11/h3-8H,1-2H3,(H,17,18,19). The molecule has 0 atom stereocenters. The second-order valence-electron chi connectivity index (χ2n) is 4.92. The van der Waals surface area contributed by atoms with Crippen LogP contribution in [0.3, 0.4) is 0 Å². The number of benzene rings is 1. The van der Waals surface area contributed by atoms with E-state index in [2.05, 4.69) is 9.97 Å². The third kappa shape index (κ3) is 1.91. The van der Waals surface area contributed by atoms with Gasteiger partial charge in [0.1, 0.15) is 5.69 Å². The molecule has 3 rings (SSSR count).